The molecular weight excluding hydrogens is 224 g/mol. The van der Waals surface area contributed by atoms with Crippen LogP contribution in [0.1, 0.15) is 11.5 Å². The Balaban J connectivity index is 2.38. The van der Waals surface area contributed by atoms with Gasteiger partial charge in [-0.05, 0) is 16.8 Å². The number of ether oxygens (including phenoxy) is 1. The van der Waals surface area contributed by atoms with Crippen molar-refractivity contribution in [2.24, 2.45) is 0 Å². The molecule has 1 unspecified atom stereocenters. The van der Waals surface area contributed by atoms with Crippen molar-refractivity contribution in [1.29, 1.82) is 0 Å². The van der Waals surface area contributed by atoms with Gasteiger partial charge in [-0.1, -0.05) is 43.0 Å². The zero-order valence-electron chi connectivity index (χ0n) is 9.85. The van der Waals surface area contributed by atoms with E-state index in [2.05, 4.69) is 13.2 Å². The van der Waals surface area contributed by atoms with Crippen LogP contribution in [0.4, 0.5) is 0 Å². The largest absolute Gasteiger partial charge is 0.423 e. The monoisotopic (exact) mass is 236 g/mol. The van der Waals surface area contributed by atoms with E-state index in [9.17, 15) is 4.79 Å². The van der Waals surface area contributed by atoms with E-state index in [-0.39, 0.29) is 11.9 Å². The predicted octanol–water partition coefficient (Wildman–Crippen LogP) is 3.58. The lowest BCUT2D eigenvalue weighted by Gasteiger charge is -2.25. The van der Waals surface area contributed by atoms with E-state index in [1.165, 1.54) is 0 Å². The summed E-state index contributed by atoms with van der Waals surface area (Å²) in [6.45, 7) is 7.61. The number of fused-ring (bicyclic) bond motifs is 3. The highest BCUT2D eigenvalue weighted by molar-refractivity contribution is 5.99. The fraction of sp³-hybridized carbons (Fsp3) is 0.0625. The average molecular weight is 236 g/mol. The molecule has 2 nitrogen and oxygen atoms in total. The number of carbonyl (C=O) groups excluding carboxylic acids is 1. The fourth-order valence-electron chi connectivity index (χ4n) is 2.41. The maximum absolute atomic E-state index is 11.7. The Hall–Kier alpha value is -2.35. The van der Waals surface area contributed by atoms with E-state index in [1.807, 2.05) is 36.4 Å². The Morgan fingerprint density at radius 2 is 1.94 bits per heavy atom. The third-order valence-electron chi connectivity index (χ3n) is 3.32. The first-order valence-corrected chi connectivity index (χ1v) is 5.77. The third kappa shape index (κ3) is 1.39. The van der Waals surface area contributed by atoms with Crippen molar-refractivity contribution in [2.45, 2.75) is 5.92 Å². The van der Waals surface area contributed by atoms with E-state index in [0.717, 1.165) is 16.3 Å². The minimum atomic E-state index is -0.373. The second kappa shape index (κ2) is 3.84. The second-order valence-electron chi connectivity index (χ2n) is 4.33. The maximum atomic E-state index is 11.7. The summed E-state index contributed by atoms with van der Waals surface area (Å²) >= 11 is 0. The topological polar surface area (TPSA) is 26.3 Å². The van der Waals surface area contributed by atoms with Gasteiger partial charge in [-0.3, -0.25) is 0 Å². The van der Waals surface area contributed by atoms with Gasteiger partial charge in [-0.2, -0.15) is 0 Å². The summed E-state index contributed by atoms with van der Waals surface area (Å²) in [4.78, 5) is 11.7. The van der Waals surface area contributed by atoms with Gasteiger partial charge in [-0.15, -0.1) is 6.58 Å². The van der Waals surface area contributed by atoms with Crippen LogP contribution in [0.2, 0.25) is 0 Å². The molecule has 0 saturated heterocycles. The van der Waals surface area contributed by atoms with Crippen LogP contribution in [0.25, 0.3) is 10.8 Å². The lowest BCUT2D eigenvalue weighted by molar-refractivity contribution is -0.131. The highest BCUT2D eigenvalue weighted by atomic mass is 16.5. The fourth-order valence-corrected chi connectivity index (χ4v) is 2.41. The van der Waals surface area contributed by atoms with Gasteiger partial charge in [0.25, 0.3) is 0 Å². The number of benzene rings is 2. The van der Waals surface area contributed by atoms with Crippen molar-refractivity contribution in [3.05, 3.63) is 66.8 Å². The summed E-state index contributed by atoms with van der Waals surface area (Å²) in [6, 6.07) is 11.8. The molecule has 0 aromatic heterocycles. The van der Waals surface area contributed by atoms with Crippen molar-refractivity contribution >= 4 is 16.7 Å². The molecule has 1 aliphatic heterocycles. The number of allylic oxidation sites excluding steroid dienone is 1. The SMILES string of the molecule is C=CC1C(=C)C(=O)Oc2ccc3ccccc3c21. The molecular formula is C16H12O2. The molecule has 2 heteroatoms. The summed E-state index contributed by atoms with van der Waals surface area (Å²) in [7, 11) is 0. The van der Waals surface area contributed by atoms with Gasteiger partial charge in [-0.25, -0.2) is 4.79 Å². The summed E-state index contributed by atoms with van der Waals surface area (Å²) < 4.78 is 5.30. The molecule has 0 saturated carbocycles. The maximum Gasteiger partial charge on any atom is 0.339 e. The molecule has 1 atom stereocenters. The Bertz CT molecular complexity index is 683. The molecule has 18 heavy (non-hydrogen) atoms. The van der Waals surface area contributed by atoms with Crippen molar-refractivity contribution in [1.82, 2.24) is 0 Å². The molecule has 0 spiro atoms. The molecule has 3 rings (SSSR count). The van der Waals surface area contributed by atoms with Crippen LogP contribution in [0.15, 0.2) is 61.2 Å². The minimum absolute atomic E-state index is 0.174. The van der Waals surface area contributed by atoms with Crippen LogP contribution < -0.4 is 4.74 Å². The lowest BCUT2D eigenvalue weighted by atomic mass is 9.86. The van der Waals surface area contributed by atoms with E-state index in [0.29, 0.717) is 11.3 Å². The number of hydrogen-bond donors (Lipinski definition) is 0. The Kier molecular flexibility index (Phi) is 2.30. The van der Waals surface area contributed by atoms with Gasteiger partial charge in [0, 0.05) is 17.1 Å². The zero-order valence-corrected chi connectivity index (χ0v) is 9.85. The first-order chi connectivity index (χ1) is 8.72. The van der Waals surface area contributed by atoms with Gasteiger partial charge in [0.2, 0.25) is 0 Å². The molecule has 0 fully saturated rings. The van der Waals surface area contributed by atoms with Crippen LogP contribution in [0.3, 0.4) is 0 Å². The van der Waals surface area contributed by atoms with Crippen LogP contribution in [0, 0.1) is 0 Å². The Morgan fingerprint density at radius 3 is 2.72 bits per heavy atom. The molecule has 0 amide bonds. The van der Waals surface area contributed by atoms with Crippen LogP contribution >= 0.6 is 0 Å². The normalized spacial score (nSPS) is 18.3. The zero-order chi connectivity index (χ0) is 12.7. The molecule has 0 aliphatic carbocycles. The second-order valence-corrected chi connectivity index (χ2v) is 4.33. The molecule has 0 bridgehead atoms. The van der Waals surface area contributed by atoms with Crippen molar-refractivity contribution in [3.8, 4) is 5.75 Å². The number of rotatable bonds is 1. The van der Waals surface area contributed by atoms with Crippen LogP contribution in [0.5, 0.6) is 5.75 Å². The number of hydrogen-bond acceptors (Lipinski definition) is 2. The number of esters is 1. The Morgan fingerprint density at radius 1 is 1.17 bits per heavy atom. The Labute approximate surface area is 105 Å². The van der Waals surface area contributed by atoms with E-state index in [4.69, 9.17) is 4.74 Å². The van der Waals surface area contributed by atoms with Gasteiger partial charge < -0.3 is 4.74 Å². The first-order valence-electron chi connectivity index (χ1n) is 5.77. The summed E-state index contributed by atoms with van der Waals surface area (Å²) in [5.41, 5.74) is 1.42. The summed E-state index contributed by atoms with van der Waals surface area (Å²) in [5.74, 6) is 0.0611. The summed E-state index contributed by atoms with van der Waals surface area (Å²) in [6.07, 6.45) is 1.74. The quantitative estimate of drug-likeness (QED) is 0.327. The molecule has 0 N–H and O–H groups in total. The highest BCUT2D eigenvalue weighted by Gasteiger charge is 2.30. The third-order valence-corrected chi connectivity index (χ3v) is 3.32. The molecule has 2 aromatic carbocycles. The van der Waals surface area contributed by atoms with E-state index < -0.39 is 0 Å². The van der Waals surface area contributed by atoms with E-state index >= 15 is 0 Å². The molecule has 1 aliphatic rings. The lowest BCUT2D eigenvalue weighted by Crippen LogP contribution is -2.22. The van der Waals surface area contributed by atoms with Gasteiger partial charge in [0.1, 0.15) is 5.75 Å². The van der Waals surface area contributed by atoms with Gasteiger partial charge >= 0.3 is 5.97 Å². The van der Waals surface area contributed by atoms with Crippen molar-refractivity contribution in [3.63, 3.8) is 0 Å². The van der Waals surface area contributed by atoms with Crippen LogP contribution in [-0.4, -0.2) is 5.97 Å². The van der Waals surface area contributed by atoms with Crippen molar-refractivity contribution in [2.75, 3.05) is 0 Å². The molecule has 2 aromatic rings. The predicted molar refractivity (Wildman–Crippen MR) is 71.7 cm³/mol. The molecule has 0 radical (unpaired) electrons. The van der Waals surface area contributed by atoms with Gasteiger partial charge in [0.15, 0.2) is 0 Å². The highest BCUT2D eigenvalue weighted by Crippen LogP contribution is 2.41. The average Bonchev–Trinajstić information content (AvgIpc) is 2.40. The van der Waals surface area contributed by atoms with E-state index in [1.54, 1.807) is 6.08 Å². The smallest absolute Gasteiger partial charge is 0.339 e. The minimum Gasteiger partial charge on any atom is -0.423 e. The summed E-state index contributed by atoms with van der Waals surface area (Å²) in [5, 5.41) is 2.20. The number of carbonyl (C=O) groups is 1. The van der Waals surface area contributed by atoms with Gasteiger partial charge in [0.05, 0.1) is 0 Å². The first kappa shape index (κ1) is 10.8. The standard InChI is InChI=1S/C16H12O2/c1-3-12-10(2)16(17)18-14-9-8-11-6-4-5-7-13(11)15(12)14/h3-9,12H,1-2H2. The molecule has 1 heterocycles. The van der Waals surface area contributed by atoms with Crippen molar-refractivity contribution < 1.29 is 9.53 Å². The molecule has 88 valence electrons. The van der Waals surface area contributed by atoms with Crippen LogP contribution in [-0.2, 0) is 4.79 Å².